The van der Waals surface area contributed by atoms with Crippen LogP contribution >= 0.6 is 0 Å². The second kappa shape index (κ2) is 5.32. The van der Waals surface area contributed by atoms with Crippen LogP contribution in [-0.4, -0.2) is 6.54 Å². The maximum Gasteiger partial charge on any atom is 0.0208 e. The molecule has 0 aromatic heterocycles. The van der Waals surface area contributed by atoms with Crippen molar-refractivity contribution < 1.29 is 0 Å². The van der Waals surface area contributed by atoms with Crippen LogP contribution in [0, 0.1) is 12.8 Å². The molecule has 1 aromatic carbocycles. The Morgan fingerprint density at radius 3 is 2.80 bits per heavy atom. The molecule has 1 aliphatic carbocycles. The Hall–Kier alpha value is -0.820. The first-order valence-electron chi connectivity index (χ1n) is 6.11. The van der Waals surface area contributed by atoms with Crippen molar-refractivity contribution >= 4 is 0 Å². The first-order chi connectivity index (χ1) is 7.36. The summed E-state index contributed by atoms with van der Waals surface area (Å²) in [5, 5.41) is 3.53. The van der Waals surface area contributed by atoms with Gasteiger partial charge in [0.25, 0.3) is 0 Å². The average molecular weight is 203 g/mol. The molecule has 1 heteroatoms. The molecule has 1 saturated carbocycles. The van der Waals surface area contributed by atoms with Crippen molar-refractivity contribution in [3.8, 4) is 0 Å². The molecule has 15 heavy (non-hydrogen) atoms. The van der Waals surface area contributed by atoms with E-state index in [4.69, 9.17) is 0 Å². The zero-order valence-corrected chi connectivity index (χ0v) is 9.63. The summed E-state index contributed by atoms with van der Waals surface area (Å²) >= 11 is 0. The van der Waals surface area contributed by atoms with Crippen LogP contribution in [0.4, 0.5) is 0 Å². The SMILES string of the molecule is Cc1ccccc1CNCCCC1CC1. The van der Waals surface area contributed by atoms with E-state index in [2.05, 4.69) is 36.5 Å². The Morgan fingerprint density at radius 1 is 1.27 bits per heavy atom. The highest BCUT2D eigenvalue weighted by Crippen LogP contribution is 2.33. The Morgan fingerprint density at radius 2 is 2.07 bits per heavy atom. The van der Waals surface area contributed by atoms with Crippen LogP contribution in [0.15, 0.2) is 24.3 Å². The lowest BCUT2D eigenvalue weighted by Crippen LogP contribution is -2.15. The Balaban J connectivity index is 1.62. The van der Waals surface area contributed by atoms with Gasteiger partial charge in [0.2, 0.25) is 0 Å². The lowest BCUT2D eigenvalue weighted by atomic mass is 10.1. The van der Waals surface area contributed by atoms with Crippen LogP contribution in [-0.2, 0) is 6.54 Å². The largest absolute Gasteiger partial charge is 0.313 e. The molecule has 0 spiro atoms. The molecule has 1 N–H and O–H groups in total. The molecular weight excluding hydrogens is 182 g/mol. The van der Waals surface area contributed by atoms with Gasteiger partial charge in [0.05, 0.1) is 0 Å². The third-order valence-electron chi connectivity index (χ3n) is 3.24. The van der Waals surface area contributed by atoms with Crippen molar-refractivity contribution in [1.82, 2.24) is 5.32 Å². The van der Waals surface area contributed by atoms with E-state index in [0.717, 1.165) is 12.5 Å². The van der Waals surface area contributed by atoms with Crippen molar-refractivity contribution in [3.05, 3.63) is 35.4 Å². The second-order valence-electron chi connectivity index (χ2n) is 4.69. The van der Waals surface area contributed by atoms with Gasteiger partial charge in [0.1, 0.15) is 0 Å². The van der Waals surface area contributed by atoms with Crippen LogP contribution in [0.25, 0.3) is 0 Å². The van der Waals surface area contributed by atoms with Gasteiger partial charge in [0, 0.05) is 6.54 Å². The minimum absolute atomic E-state index is 1.03. The Kier molecular flexibility index (Phi) is 3.79. The summed E-state index contributed by atoms with van der Waals surface area (Å²) in [6.07, 6.45) is 5.74. The minimum atomic E-state index is 1.03. The van der Waals surface area contributed by atoms with Crippen molar-refractivity contribution in [2.24, 2.45) is 5.92 Å². The van der Waals surface area contributed by atoms with Crippen LogP contribution in [0.1, 0.15) is 36.8 Å². The number of benzene rings is 1. The van der Waals surface area contributed by atoms with Gasteiger partial charge < -0.3 is 5.32 Å². The highest BCUT2D eigenvalue weighted by molar-refractivity contribution is 5.25. The second-order valence-corrected chi connectivity index (χ2v) is 4.69. The van der Waals surface area contributed by atoms with Gasteiger partial charge in [-0.1, -0.05) is 37.1 Å². The topological polar surface area (TPSA) is 12.0 Å². The highest BCUT2D eigenvalue weighted by atomic mass is 14.8. The van der Waals surface area contributed by atoms with E-state index in [1.807, 2.05) is 0 Å². The van der Waals surface area contributed by atoms with Crippen LogP contribution < -0.4 is 5.32 Å². The van der Waals surface area contributed by atoms with Gasteiger partial charge in [-0.05, 0) is 43.4 Å². The molecule has 2 rings (SSSR count). The quantitative estimate of drug-likeness (QED) is 0.700. The summed E-state index contributed by atoms with van der Waals surface area (Å²) < 4.78 is 0. The zero-order chi connectivity index (χ0) is 10.5. The normalized spacial score (nSPS) is 15.5. The molecule has 82 valence electrons. The minimum Gasteiger partial charge on any atom is -0.313 e. The molecular formula is C14H21N. The molecule has 0 aliphatic heterocycles. The summed E-state index contributed by atoms with van der Waals surface area (Å²) in [4.78, 5) is 0. The fraction of sp³-hybridized carbons (Fsp3) is 0.571. The number of hydrogen-bond donors (Lipinski definition) is 1. The van der Waals surface area contributed by atoms with Crippen molar-refractivity contribution in [2.45, 2.75) is 39.2 Å². The Labute approximate surface area is 92.9 Å². The van der Waals surface area contributed by atoms with Gasteiger partial charge in [-0.3, -0.25) is 0 Å². The average Bonchev–Trinajstić information content (AvgIpc) is 3.04. The first-order valence-corrected chi connectivity index (χ1v) is 6.11. The summed E-state index contributed by atoms with van der Waals surface area (Å²) in [5.74, 6) is 1.07. The molecule has 0 atom stereocenters. The molecule has 0 bridgehead atoms. The lowest BCUT2D eigenvalue weighted by molar-refractivity contribution is 0.593. The number of rotatable bonds is 6. The molecule has 0 amide bonds. The summed E-state index contributed by atoms with van der Waals surface area (Å²) in [6.45, 7) is 4.38. The zero-order valence-electron chi connectivity index (χ0n) is 9.63. The molecule has 0 saturated heterocycles. The predicted molar refractivity (Wildman–Crippen MR) is 64.8 cm³/mol. The predicted octanol–water partition coefficient (Wildman–Crippen LogP) is 3.27. The van der Waals surface area contributed by atoms with Crippen molar-refractivity contribution in [3.63, 3.8) is 0 Å². The lowest BCUT2D eigenvalue weighted by Gasteiger charge is -2.07. The summed E-state index contributed by atoms with van der Waals surface area (Å²) in [5.41, 5.74) is 2.83. The van der Waals surface area contributed by atoms with E-state index in [0.29, 0.717) is 0 Å². The van der Waals surface area contributed by atoms with Gasteiger partial charge >= 0.3 is 0 Å². The number of hydrogen-bond acceptors (Lipinski definition) is 1. The molecule has 1 aliphatic rings. The van der Waals surface area contributed by atoms with E-state index in [9.17, 15) is 0 Å². The van der Waals surface area contributed by atoms with E-state index in [1.165, 1.54) is 43.4 Å². The molecule has 1 aromatic rings. The van der Waals surface area contributed by atoms with Crippen LogP contribution in [0.2, 0.25) is 0 Å². The monoisotopic (exact) mass is 203 g/mol. The number of aryl methyl sites for hydroxylation is 1. The van der Waals surface area contributed by atoms with E-state index in [-0.39, 0.29) is 0 Å². The smallest absolute Gasteiger partial charge is 0.0208 e. The summed E-state index contributed by atoms with van der Waals surface area (Å²) in [6, 6.07) is 8.62. The van der Waals surface area contributed by atoms with Gasteiger partial charge in [0.15, 0.2) is 0 Å². The first kappa shape index (κ1) is 10.7. The van der Waals surface area contributed by atoms with Crippen molar-refractivity contribution in [1.29, 1.82) is 0 Å². The fourth-order valence-corrected chi connectivity index (χ4v) is 1.95. The fourth-order valence-electron chi connectivity index (χ4n) is 1.95. The van der Waals surface area contributed by atoms with E-state index >= 15 is 0 Å². The van der Waals surface area contributed by atoms with Crippen molar-refractivity contribution in [2.75, 3.05) is 6.54 Å². The molecule has 1 nitrogen and oxygen atoms in total. The highest BCUT2D eigenvalue weighted by Gasteiger charge is 2.19. The molecule has 0 unspecified atom stereocenters. The number of nitrogens with one attached hydrogen (secondary N) is 1. The third kappa shape index (κ3) is 3.67. The maximum atomic E-state index is 3.53. The van der Waals surface area contributed by atoms with E-state index < -0.39 is 0 Å². The van der Waals surface area contributed by atoms with Gasteiger partial charge in [-0.25, -0.2) is 0 Å². The maximum absolute atomic E-state index is 3.53. The van der Waals surface area contributed by atoms with Crippen LogP contribution in [0.3, 0.4) is 0 Å². The van der Waals surface area contributed by atoms with Gasteiger partial charge in [-0.2, -0.15) is 0 Å². The molecule has 0 heterocycles. The summed E-state index contributed by atoms with van der Waals surface area (Å²) in [7, 11) is 0. The molecule has 1 fully saturated rings. The third-order valence-corrected chi connectivity index (χ3v) is 3.24. The van der Waals surface area contributed by atoms with Gasteiger partial charge in [-0.15, -0.1) is 0 Å². The van der Waals surface area contributed by atoms with Crippen LogP contribution in [0.5, 0.6) is 0 Å². The standard InChI is InChI=1S/C14H21N/c1-12-5-2-3-7-14(12)11-15-10-4-6-13-8-9-13/h2-3,5,7,13,15H,4,6,8-11H2,1H3. The van der Waals surface area contributed by atoms with E-state index in [1.54, 1.807) is 0 Å². The molecule has 0 radical (unpaired) electrons. The Bertz CT molecular complexity index is 302.